The molecule has 18 heavy (non-hydrogen) atoms. The second-order valence-electron chi connectivity index (χ2n) is 3.82. The third kappa shape index (κ3) is 2.00. The van der Waals surface area contributed by atoms with E-state index in [1.54, 1.807) is 18.0 Å². The van der Waals surface area contributed by atoms with Gasteiger partial charge < -0.3 is 14.7 Å². The lowest BCUT2D eigenvalue weighted by Gasteiger charge is -2.02. The van der Waals surface area contributed by atoms with Crippen molar-refractivity contribution in [2.24, 2.45) is 0 Å². The van der Waals surface area contributed by atoms with E-state index in [0.717, 1.165) is 28.1 Å². The van der Waals surface area contributed by atoms with Crippen molar-refractivity contribution in [1.82, 2.24) is 24.7 Å². The molecule has 3 heterocycles. The van der Waals surface area contributed by atoms with E-state index in [9.17, 15) is 0 Å². The highest BCUT2D eigenvalue weighted by Gasteiger charge is 2.13. The predicted molar refractivity (Wildman–Crippen MR) is 70.7 cm³/mol. The number of pyridine rings is 1. The Hall–Kier alpha value is -1.79. The van der Waals surface area contributed by atoms with Crippen LogP contribution in [0.25, 0.3) is 5.65 Å². The van der Waals surface area contributed by atoms with Crippen molar-refractivity contribution in [3.63, 3.8) is 0 Å². The average Bonchev–Trinajstić information content (AvgIpc) is 3.00. The third-order valence-electron chi connectivity index (χ3n) is 2.60. The van der Waals surface area contributed by atoms with Gasteiger partial charge in [-0.05, 0) is 30.9 Å². The highest BCUT2D eigenvalue weighted by atomic mass is 32.2. The van der Waals surface area contributed by atoms with Crippen molar-refractivity contribution in [3.8, 4) is 0 Å². The number of hydrogen-bond donors (Lipinski definition) is 2. The summed E-state index contributed by atoms with van der Waals surface area (Å²) in [5, 5.41) is 5.01. The van der Waals surface area contributed by atoms with Crippen LogP contribution in [0.3, 0.4) is 0 Å². The zero-order chi connectivity index (χ0) is 12.4. The van der Waals surface area contributed by atoms with Gasteiger partial charge in [-0.25, -0.2) is 9.97 Å². The summed E-state index contributed by atoms with van der Waals surface area (Å²) >= 11 is 1.55. The van der Waals surface area contributed by atoms with E-state index in [2.05, 4.69) is 24.7 Å². The fraction of sp³-hybridized carbons (Fsp3) is 0.167. The highest BCUT2D eigenvalue weighted by Crippen LogP contribution is 2.27. The largest absolute Gasteiger partial charge is 0.339 e. The minimum atomic E-state index is 0.772. The van der Waals surface area contributed by atoms with Crippen LogP contribution in [0.15, 0.2) is 47.0 Å². The van der Waals surface area contributed by atoms with Crippen LogP contribution in [0.4, 0.5) is 0 Å². The van der Waals surface area contributed by atoms with Gasteiger partial charge in [-0.1, -0.05) is 6.07 Å². The molecule has 0 aliphatic heterocycles. The molecule has 0 fully saturated rings. The van der Waals surface area contributed by atoms with Crippen molar-refractivity contribution < 1.29 is 0 Å². The van der Waals surface area contributed by atoms with Crippen molar-refractivity contribution in [2.45, 2.75) is 16.7 Å². The van der Waals surface area contributed by atoms with Gasteiger partial charge in [0.2, 0.25) is 0 Å². The minimum Gasteiger partial charge on any atom is -0.339 e. The number of nitrogens with one attached hydrogen (secondary N) is 2. The summed E-state index contributed by atoms with van der Waals surface area (Å²) in [5.74, 6) is 0. The topological polar surface area (TPSA) is 58.0 Å². The van der Waals surface area contributed by atoms with Gasteiger partial charge in [0.05, 0.1) is 5.69 Å². The summed E-state index contributed by atoms with van der Waals surface area (Å²) in [5.41, 5.74) is 2.10. The van der Waals surface area contributed by atoms with Gasteiger partial charge in [-0.3, -0.25) is 0 Å². The van der Waals surface area contributed by atoms with Crippen LogP contribution in [0.1, 0.15) is 5.69 Å². The Labute approximate surface area is 109 Å². The van der Waals surface area contributed by atoms with Gasteiger partial charge in [0, 0.05) is 25.1 Å². The summed E-state index contributed by atoms with van der Waals surface area (Å²) in [6, 6.07) is 6.01. The van der Waals surface area contributed by atoms with Gasteiger partial charge >= 0.3 is 0 Å². The van der Waals surface area contributed by atoms with E-state index < -0.39 is 0 Å². The number of nitrogens with zero attached hydrogens (tertiary/aromatic N) is 3. The summed E-state index contributed by atoms with van der Waals surface area (Å²) < 4.78 is 2.10. The molecule has 0 spiro atoms. The Balaban J connectivity index is 2.06. The normalized spacial score (nSPS) is 11.2. The molecule has 0 saturated heterocycles. The molecular weight excluding hydrogens is 246 g/mol. The molecule has 0 radical (unpaired) electrons. The van der Waals surface area contributed by atoms with Crippen LogP contribution in [-0.2, 0) is 6.54 Å². The monoisotopic (exact) mass is 259 g/mol. The first-order valence-electron chi connectivity index (χ1n) is 5.66. The van der Waals surface area contributed by atoms with Crippen molar-refractivity contribution in [2.75, 3.05) is 7.05 Å². The smallest absolute Gasteiger partial charge is 0.171 e. The Kier molecular flexibility index (Phi) is 3.04. The molecule has 0 aromatic carbocycles. The first kappa shape index (κ1) is 11.3. The second-order valence-corrected chi connectivity index (χ2v) is 4.80. The standard InChI is InChI=1S/C12H13N5S/c1-13-8-9-11(18-12-14-5-6-15-12)16-10-4-2-3-7-17(9)10/h2-7,13H,8H2,1H3,(H,14,15). The van der Waals surface area contributed by atoms with Crippen LogP contribution in [-0.4, -0.2) is 26.4 Å². The fourth-order valence-electron chi connectivity index (χ4n) is 1.83. The minimum absolute atomic E-state index is 0.772. The number of hydrogen-bond acceptors (Lipinski definition) is 4. The van der Waals surface area contributed by atoms with E-state index in [-0.39, 0.29) is 0 Å². The Morgan fingerprint density at radius 1 is 1.44 bits per heavy atom. The molecule has 3 aromatic rings. The van der Waals surface area contributed by atoms with Gasteiger partial charge in [-0.2, -0.15) is 0 Å². The summed E-state index contributed by atoms with van der Waals surface area (Å²) in [4.78, 5) is 11.9. The van der Waals surface area contributed by atoms with Gasteiger partial charge in [-0.15, -0.1) is 0 Å². The summed E-state index contributed by atoms with van der Waals surface area (Å²) in [7, 11) is 1.93. The van der Waals surface area contributed by atoms with Gasteiger partial charge in [0.15, 0.2) is 5.16 Å². The molecular formula is C12H13N5S. The average molecular weight is 259 g/mol. The van der Waals surface area contributed by atoms with E-state index in [0.29, 0.717) is 0 Å². The van der Waals surface area contributed by atoms with E-state index in [1.807, 2.05) is 37.6 Å². The molecule has 3 rings (SSSR count). The van der Waals surface area contributed by atoms with Crippen molar-refractivity contribution >= 4 is 17.4 Å². The molecule has 2 N–H and O–H groups in total. The molecule has 6 heteroatoms. The van der Waals surface area contributed by atoms with Crippen LogP contribution in [0.2, 0.25) is 0 Å². The molecule has 92 valence electrons. The van der Waals surface area contributed by atoms with E-state index in [4.69, 9.17) is 0 Å². The molecule has 5 nitrogen and oxygen atoms in total. The van der Waals surface area contributed by atoms with Crippen LogP contribution >= 0.6 is 11.8 Å². The Bertz CT molecular complexity index is 644. The predicted octanol–water partition coefficient (Wildman–Crippen LogP) is 1.93. The van der Waals surface area contributed by atoms with Crippen molar-refractivity contribution in [1.29, 1.82) is 0 Å². The van der Waals surface area contributed by atoms with Crippen LogP contribution in [0.5, 0.6) is 0 Å². The van der Waals surface area contributed by atoms with Crippen molar-refractivity contribution in [3.05, 3.63) is 42.5 Å². The molecule has 0 aliphatic carbocycles. The summed E-state index contributed by atoms with van der Waals surface area (Å²) in [6.45, 7) is 0.772. The maximum Gasteiger partial charge on any atom is 0.171 e. The zero-order valence-electron chi connectivity index (χ0n) is 9.92. The molecule has 0 bridgehead atoms. The third-order valence-corrected chi connectivity index (χ3v) is 3.54. The lowest BCUT2D eigenvalue weighted by Crippen LogP contribution is -2.08. The second kappa shape index (κ2) is 4.83. The number of rotatable bonds is 4. The number of aromatic amines is 1. The first-order chi connectivity index (χ1) is 8.88. The lowest BCUT2D eigenvalue weighted by atomic mass is 10.4. The maximum atomic E-state index is 4.63. The van der Waals surface area contributed by atoms with E-state index in [1.165, 1.54) is 0 Å². The molecule has 0 aliphatic rings. The zero-order valence-corrected chi connectivity index (χ0v) is 10.7. The Morgan fingerprint density at radius 3 is 3.17 bits per heavy atom. The lowest BCUT2D eigenvalue weighted by molar-refractivity contribution is 0.763. The van der Waals surface area contributed by atoms with Crippen LogP contribution < -0.4 is 5.32 Å². The van der Waals surface area contributed by atoms with Crippen LogP contribution in [0, 0.1) is 0 Å². The molecule has 0 saturated carbocycles. The molecule has 0 atom stereocenters. The SMILES string of the molecule is CNCc1c(Sc2ncc[nH]2)nc2ccccn12. The molecule has 0 unspecified atom stereocenters. The first-order valence-corrected chi connectivity index (χ1v) is 6.48. The Morgan fingerprint density at radius 2 is 2.39 bits per heavy atom. The number of imidazole rings is 2. The number of fused-ring (bicyclic) bond motifs is 1. The molecule has 3 aromatic heterocycles. The molecule has 0 amide bonds. The summed E-state index contributed by atoms with van der Waals surface area (Å²) in [6.07, 6.45) is 5.59. The fourth-order valence-corrected chi connectivity index (χ4v) is 2.68. The quantitative estimate of drug-likeness (QED) is 0.751. The van der Waals surface area contributed by atoms with Gasteiger partial charge in [0.1, 0.15) is 10.7 Å². The maximum absolute atomic E-state index is 4.63. The highest BCUT2D eigenvalue weighted by molar-refractivity contribution is 7.99. The number of H-pyrrole nitrogens is 1. The van der Waals surface area contributed by atoms with Gasteiger partial charge in [0.25, 0.3) is 0 Å². The number of aromatic nitrogens is 4. The van der Waals surface area contributed by atoms with E-state index >= 15 is 0 Å².